The summed E-state index contributed by atoms with van der Waals surface area (Å²) in [5.41, 5.74) is 5.62. The van der Waals surface area contributed by atoms with Crippen molar-refractivity contribution in [3.63, 3.8) is 0 Å². The van der Waals surface area contributed by atoms with Crippen molar-refractivity contribution in [2.24, 2.45) is 0 Å². The van der Waals surface area contributed by atoms with Crippen molar-refractivity contribution in [3.05, 3.63) is 96.6 Å². The highest BCUT2D eigenvalue weighted by molar-refractivity contribution is 5.67. The quantitative estimate of drug-likeness (QED) is 0.396. The van der Waals surface area contributed by atoms with E-state index in [2.05, 4.69) is 46.3 Å². The number of aliphatic hydroxyl groups is 1. The number of nitrogens with zero attached hydrogens (tertiary/aromatic N) is 4. The number of aliphatic hydroxyl groups excluding tert-OH is 1. The molecule has 35 heavy (non-hydrogen) atoms. The monoisotopic (exact) mass is 466 g/mol. The van der Waals surface area contributed by atoms with Crippen LogP contribution in [-0.4, -0.2) is 51.3 Å². The standard InChI is InChI=1S/C29H30N4O2/c34-17-18-35-26-10-8-22(9-11-26)20-33-16-4-7-25(21-33)28-27(23-5-2-1-3-6-23)19-31-29(32-28)24-12-14-30-15-13-24/h1-3,5-6,8-15,19,25,34H,4,7,16-18,20-21H2/t25-/m0/s1. The second-order valence-corrected chi connectivity index (χ2v) is 8.88. The van der Waals surface area contributed by atoms with Crippen LogP contribution in [0.15, 0.2) is 85.3 Å². The van der Waals surface area contributed by atoms with E-state index in [1.165, 1.54) is 5.56 Å². The van der Waals surface area contributed by atoms with Crippen LogP contribution in [0.25, 0.3) is 22.5 Å². The molecule has 5 rings (SSSR count). The number of likely N-dealkylation sites (tertiary alicyclic amines) is 1. The summed E-state index contributed by atoms with van der Waals surface area (Å²) >= 11 is 0. The lowest BCUT2D eigenvalue weighted by atomic mass is 9.89. The molecule has 0 unspecified atom stereocenters. The third-order valence-corrected chi connectivity index (χ3v) is 6.42. The van der Waals surface area contributed by atoms with Crippen LogP contribution in [0, 0.1) is 0 Å². The summed E-state index contributed by atoms with van der Waals surface area (Å²) in [6.07, 6.45) is 7.79. The van der Waals surface area contributed by atoms with Gasteiger partial charge in [0.25, 0.3) is 0 Å². The molecule has 0 amide bonds. The van der Waals surface area contributed by atoms with E-state index in [0.29, 0.717) is 12.5 Å². The van der Waals surface area contributed by atoms with E-state index in [0.717, 1.165) is 66.4 Å². The number of piperidine rings is 1. The first-order chi connectivity index (χ1) is 17.3. The Balaban J connectivity index is 1.39. The average Bonchev–Trinajstić information content (AvgIpc) is 2.93. The van der Waals surface area contributed by atoms with Crippen LogP contribution in [0.2, 0.25) is 0 Å². The Hall–Kier alpha value is -3.61. The van der Waals surface area contributed by atoms with Crippen molar-refractivity contribution >= 4 is 0 Å². The van der Waals surface area contributed by atoms with Gasteiger partial charge in [-0.15, -0.1) is 0 Å². The van der Waals surface area contributed by atoms with Crippen LogP contribution >= 0.6 is 0 Å². The maximum Gasteiger partial charge on any atom is 0.159 e. The van der Waals surface area contributed by atoms with E-state index in [1.807, 2.05) is 36.5 Å². The summed E-state index contributed by atoms with van der Waals surface area (Å²) in [6.45, 7) is 3.25. The second-order valence-electron chi connectivity index (χ2n) is 8.88. The van der Waals surface area contributed by atoms with Gasteiger partial charge in [-0.25, -0.2) is 9.97 Å². The number of aromatic nitrogens is 3. The molecule has 0 radical (unpaired) electrons. The van der Waals surface area contributed by atoms with Gasteiger partial charge in [0.2, 0.25) is 0 Å². The van der Waals surface area contributed by atoms with Gasteiger partial charge in [0, 0.05) is 48.7 Å². The Bertz CT molecular complexity index is 1220. The van der Waals surface area contributed by atoms with Gasteiger partial charge in [0.1, 0.15) is 12.4 Å². The number of hydrogen-bond acceptors (Lipinski definition) is 6. The zero-order chi connectivity index (χ0) is 23.9. The van der Waals surface area contributed by atoms with Crippen LogP contribution in [0.1, 0.15) is 30.0 Å². The number of hydrogen-bond donors (Lipinski definition) is 1. The molecule has 4 aromatic rings. The topological polar surface area (TPSA) is 71.4 Å². The van der Waals surface area contributed by atoms with Crippen LogP contribution < -0.4 is 4.74 Å². The zero-order valence-corrected chi connectivity index (χ0v) is 19.8. The van der Waals surface area contributed by atoms with Gasteiger partial charge in [-0.2, -0.15) is 0 Å². The molecule has 1 N–H and O–H groups in total. The van der Waals surface area contributed by atoms with Gasteiger partial charge in [0.05, 0.1) is 12.3 Å². The molecule has 2 aromatic heterocycles. The molecule has 0 spiro atoms. The minimum absolute atomic E-state index is 0.0216. The molecule has 1 saturated heterocycles. The Kier molecular flexibility index (Phi) is 7.41. The van der Waals surface area contributed by atoms with Gasteiger partial charge in [-0.3, -0.25) is 9.88 Å². The normalized spacial score (nSPS) is 16.2. The van der Waals surface area contributed by atoms with Gasteiger partial charge < -0.3 is 9.84 Å². The summed E-state index contributed by atoms with van der Waals surface area (Å²) in [5, 5.41) is 8.95. The molecule has 6 heteroatoms. The molecule has 1 aliphatic heterocycles. The van der Waals surface area contributed by atoms with Crippen molar-refractivity contribution in [2.45, 2.75) is 25.3 Å². The molecule has 6 nitrogen and oxygen atoms in total. The van der Waals surface area contributed by atoms with Crippen LogP contribution in [0.4, 0.5) is 0 Å². The first-order valence-electron chi connectivity index (χ1n) is 12.2. The van der Waals surface area contributed by atoms with E-state index in [1.54, 1.807) is 12.4 Å². The van der Waals surface area contributed by atoms with Crippen molar-refractivity contribution in [3.8, 4) is 28.3 Å². The minimum Gasteiger partial charge on any atom is -0.491 e. The number of rotatable bonds is 8. The van der Waals surface area contributed by atoms with Crippen LogP contribution in [0.3, 0.4) is 0 Å². The SMILES string of the molecule is OCCOc1ccc(CN2CCC[C@H](c3nc(-c4ccncc4)ncc3-c3ccccc3)C2)cc1. The van der Waals surface area contributed by atoms with E-state index >= 15 is 0 Å². The van der Waals surface area contributed by atoms with Gasteiger partial charge in [-0.05, 0) is 54.8 Å². The predicted molar refractivity (Wildman–Crippen MR) is 137 cm³/mol. The zero-order valence-electron chi connectivity index (χ0n) is 19.8. The fourth-order valence-corrected chi connectivity index (χ4v) is 4.72. The minimum atomic E-state index is 0.0216. The predicted octanol–water partition coefficient (Wildman–Crippen LogP) is 4.96. The highest BCUT2D eigenvalue weighted by Gasteiger charge is 2.26. The van der Waals surface area contributed by atoms with E-state index in [4.69, 9.17) is 19.8 Å². The first kappa shape index (κ1) is 23.1. The molecule has 1 aliphatic rings. The Morgan fingerprint density at radius 3 is 2.51 bits per heavy atom. The second kappa shape index (κ2) is 11.2. The van der Waals surface area contributed by atoms with E-state index < -0.39 is 0 Å². The molecule has 1 fully saturated rings. The summed E-state index contributed by atoms with van der Waals surface area (Å²) in [5.74, 6) is 1.86. The average molecular weight is 467 g/mol. The molecular formula is C29H30N4O2. The highest BCUT2D eigenvalue weighted by Crippen LogP contribution is 2.34. The Labute approximate surface area is 206 Å². The third kappa shape index (κ3) is 5.73. The molecule has 0 saturated carbocycles. The molecule has 2 aromatic carbocycles. The third-order valence-electron chi connectivity index (χ3n) is 6.42. The molecule has 3 heterocycles. The van der Waals surface area contributed by atoms with E-state index in [9.17, 15) is 0 Å². The fourth-order valence-electron chi connectivity index (χ4n) is 4.72. The summed E-state index contributed by atoms with van der Waals surface area (Å²) < 4.78 is 5.50. The maximum absolute atomic E-state index is 8.95. The molecular weight excluding hydrogens is 436 g/mol. The Morgan fingerprint density at radius 2 is 1.74 bits per heavy atom. The molecule has 0 aliphatic carbocycles. The molecule has 0 bridgehead atoms. The lowest BCUT2D eigenvalue weighted by molar-refractivity contribution is 0.197. The van der Waals surface area contributed by atoms with Gasteiger partial charge in [0.15, 0.2) is 5.82 Å². The van der Waals surface area contributed by atoms with Crippen molar-refractivity contribution in [2.75, 3.05) is 26.3 Å². The molecule has 178 valence electrons. The lowest BCUT2D eigenvalue weighted by Crippen LogP contribution is -2.34. The molecule has 1 atom stereocenters. The summed E-state index contributed by atoms with van der Waals surface area (Å²) in [7, 11) is 0. The summed E-state index contributed by atoms with van der Waals surface area (Å²) in [6, 6.07) is 22.5. The van der Waals surface area contributed by atoms with Crippen molar-refractivity contribution in [1.29, 1.82) is 0 Å². The van der Waals surface area contributed by atoms with Crippen molar-refractivity contribution < 1.29 is 9.84 Å². The van der Waals surface area contributed by atoms with Crippen LogP contribution in [-0.2, 0) is 6.54 Å². The lowest BCUT2D eigenvalue weighted by Gasteiger charge is -2.33. The fraction of sp³-hybridized carbons (Fsp3) is 0.276. The first-order valence-corrected chi connectivity index (χ1v) is 12.2. The number of pyridine rings is 1. The summed E-state index contributed by atoms with van der Waals surface area (Å²) in [4.78, 5) is 16.5. The smallest absolute Gasteiger partial charge is 0.159 e. The van der Waals surface area contributed by atoms with E-state index in [-0.39, 0.29) is 6.61 Å². The Morgan fingerprint density at radius 1 is 0.943 bits per heavy atom. The number of ether oxygens (including phenoxy) is 1. The number of benzene rings is 2. The van der Waals surface area contributed by atoms with Crippen LogP contribution in [0.5, 0.6) is 5.75 Å². The largest absolute Gasteiger partial charge is 0.491 e. The highest BCUT2D eigenvalue weighted by atomic mass is 16.5. The van der Waals surface area contributed by atoms with Gasteiger partial charge in [-0.1, -0.05) is 42.5 Å². The maximum atomic E-state index is 8.95. The van der Waals surface area contributed by atoms with Crippen molar-refractivity contribution in [1.82, 2.24) is 19.9 Å². The van der Waals surface area contributed by atoms with Gasteiger partial charge >= 0.3 is 0 Å².